The first-order chi connectivity index (χ1) is 8.20. The van der Waals surface area contributed by atoms with Gasteiger partial charge >= 0.3 is 0 Å². The molecule has 2 aromatic rings. The average Bonchev–Trinajstić information content (AvgIpc) is 2.34. The minimum Gasteiger partial charge on any atom is -0.507 e. The zero-order chi connectivity index (χ0) is 12.3. The van der Waals surface area contributed by atoms with Crippen LogP contribution >= 0.6 is 23.4 Å². The third-order valence-corrected chi connectivity index (χ3v) is 3.52. The van der Waals surface area contributed by atoms with Crippen LogP contribution in [0.1, 0.15) is 5.56 Å². The minimum atomic E-state index is 0.205. The first-order valence-electron chi connectivity index (χ1n) is 4.86. The molecule has 0 unspecified atom stereocenters. The van der Waals surface area contributed by atoms with Crippen molar-refractivity contribution >= 4 is 23.4 Å². The third-order valence-electron chi connectivity index (χ3n) is 2.15. The van der Waals surface area contributed by atoms with Crippen LogP contribution < -0.4 is 0 Å². The highest BCUT2D eigenvalue weighted by molar-refractivity contribution is 7.99. The summed E-state index contributed by atoms with van der Waals surface area (Å²) in [4.78, 5) is 1.49. The van der Waals surface area contributed by atoms with Crippen LogP contribution in [0.4, 0.5) is 0 Å². The van der Waals surface area contributed by atoms with Crippen molar-refractivity contribution in [2.75, 3.05) is 0 Å². The fourth-order valence-corrected chi connectivity index (χ4v) is 2.42. The van der Waals surface area contributed by atoms with Gasteiger partial charge in [0.15, 0.2) is 0 Å². The number of halogens is 1. The Balaban J connectivity index is 2.37. The van der Waals surface area contributed by atoms with Crippen LogP contribution in [0, 0.1) is 11.3 Å². The molecule has 1 N–H and O–H groups in total. The molecular formula is C13H8ClNOS. The van der Waals surface area contributed by atoms with Gasteiger partial charge in [0.05, 0.1) is 10.5 Å². The maximum absolute atomic E-state index is 9.66. The van der Waals surface area contributed by atoms with Crippen LogP contribution in [0.3, 0.4) is 0 Å². The van der Waals surface area contributed by atoms with Crippen molar-refractivity contribution < 1.29 is 5.11 Å². The Kier molecular flexibility index (Phi) is 3.58. The molecule has 0 spiro atoms. The number of hydrogen-bond donors (Lipinski definition) is 1. The molecule has 0 radical (unpaired) electrons. The van der Waals surface area contributed by atoms with Crippen LogP contribution in [-0.2, 0) is 0 Å². The molecule has 0 aliphatic rings. The van der Waals surface area contributed by atoms with Crippen molar-refractivity contribution in [2.45, 2.75) is 9.79 Å². The maximum Gasteiger partial charge on any atom is 0.129 e. The molecule has 4 heteroatoms. The van der Waals surface area contributed by atoms with Gasteiger partial charge in [-0.25, -0.2) is 0 Å². The normalized spacial score (nSPS) is 9.88. The molecule has 0 heterocycles. The molecule has 0 fully saturated rings. The van der Waals surface area contributed by atoms with Crippen LogP contribution in [0.15, 0.2) is 52.3 Å². The van der Waals surface area contributed by atoms with E-state index in [0.29, 0.717) is 15.5 Å². The largest absolute Gasteiger partial charge is 0.507 e. The second-order valence-electron chi connectivity index (χ2n) is 3.32. The molecule has 84 valence electrons. The first kappa shape index (κ1) is 11.8. The van der Waals surface area contributed by atoms with Gasteiger partial charge in [0.2, 0.25) is 0 Å². The van der Waals surface area contributed by atoms with Crippen molar-refractivity contribution in [1.29, 1.82) is 5.26 Å². The van der Waals surface area contributed by atoms with E-state index in [1.807, 2.05) is 6.07 Å². The highest BCUT2D eigenvalue weighted by Gasteiger charge is 2.07. The summed E-state index contributed by atoms with van der Waals surface area (Å²) in [6.07, 6.45) is 0. The smallest absolute Gasteiger partial charge is 0.129 e. The first-order valence-corrected chi connectivity index (χ1v) is 6.05. The SMILES string of the molecule is N#Cc1cc(Cl)ccc1Sc1ccccc1O. The molecule has 17 heavy (non-hydrogen) atoms. The Morgan fingerprint density at radius 2 is 1.88 bits per heavy atom. The number of para-hydroxylation sites is 1. The zero-order valence-electron chi connectivity index (χ0n) is 8.72. The van der Waals surface area contributed by atoms with Gasteiger partial charge in [-0.2, -0.15) is 5.26 Å². The van der Waals surface area contributed by atoms with Crippen molar-refractivity contribution in [1.82, 2.24) is 0 Å². The van der Waals surface area contributed by atoms with E-state index in [2.05, 4.69) is 6.07 Å². The molecular weight excluding hydrogens is 254 g/mol. The summed E-state index contributed by atoms with van der Waals surface area (Å²) in [5.74, 6) is 0.205. The van der Waals surface area contributed by atoms with Gasteiger partial charge in [-0.05, 0) is 30.3 Å². The van der Waals surface area contributed by atoms with Gasteiger partial charge < -0.3 is 5.11 Å². The number of phenolic OH excluding ortho intramolecular Hbond substituents is 1. The maximum atomic E-state index is 9.66. The topological polar surface area (TPSA) is 44.0 Å². The van der Waals surface area contributed by atoms with Crippen molar-refractivity contribution in [3.63, 3.8) is 0 Å². The molecule has 0 aliphatic carbocycles. The quantitative estimate of drug-likeness (QED) is 0.886. The zero-order valence-corrected chi connectivity index (χ0v) is 10.3. The van der Waals surface area contributed by atoms with E-state index in [1.165, 1.54) is 11.8 Å². The van der Waals surface area contributed by atoms with Gasteiger partial charge in [0.25, 0.3) is 0 Å². The van der Waals surface area contributed by atoms with Gasteiger partial charge in [-0.1, -0.05) is 35.5 Å². The lowest BCUT2D eigenvalue weighted by molar-refractivity contribution is 0.462. The number of benzene rings is 2. The Labute approximate surface area is 108 Å². The van der Waals surface area contributed by atoms with E-state index in [4.69, 9.17) is 16.9 Å². The Morgan fingerprint density at radius 3 is 2.59 bits per heavy atom. The van der Waals surface area contributed by atoms with Gasteiger partial charge in [-0.15, -0.1) is 0 Å². The molecule has 0 bridgehead atoms. The summed E-state index contributed by atoms with van der Waals surface area (Å²) in [6.45, 7) is 0. The third kappa shape index (κ3) is 2.73. The Bertz CT molecular complexity index is 592. The molecule has 2 nitrogen and oxygen atoms in total. The van der Waals surface area contributed by atoms with Crippen molar-refractivity contribution in [3.05, 3.63) is 53.1 Å². The lowest BCUT2D eigenvalue weighted by Gasteiger charge is -2.05. The summed E-state index contributed by atoms with van der Waals surface area (Å²) in [5.41, 5.74) is 0.505. The highest BCUT2D eigenvalue weighted by Crippen LogP contribution is 2.36. The van der Waals surface area contributed by atoms with E-state index >= 15 is 0 Å². The van der Waals surface area contributed by atoms with E-state index in [1.54, 1.807) is 36.4 Å². The lowest BCUT2D eigenvalue weighted by atomic mass is 10.2. The second-order valence-corrected chi connectivity index (χ2v) is 4.84. The minimum absolute atomic E-state index is 0.205. The highest BCUT2D eigenvalue weighted by atomic mass is 35.5. The van der Waals surface area contributed by atoms with Crippen LogP contribution in [0.2, 0.25) is 5.02 Å². The summed E-state index contributed by atoms with van der Waals surface area (Å²) < 4.78 is 0. The molecule has 0 aromatic heterocycles. The molecule has 0 saturated heterocycles. The number of nitriles is 1. The van der Waals surface area contributed by atoms with Gasteiger partial charge in [0, 0.05) is 9.92 Å². The van der Waals surface area contributed by atoms with Crippen LogP contribution in [-0.4, -0.2) is 5.11 Å². The standard InChI is InChI=1S/C13H8ClNOS/c14-10-5-6-12(9(7-10)8-15)17-13-4-2-1-3-11(13)16/h1-7,16H. The number of nitrogens with zero attached hydrogens (tertiary/aromatic N) is 1. The number of rotatable bonds is 2. The van der Waals surface area contributed by atoms with E-state index < -0.39 is 0 Å². The fourth-order valence-electron chi connectivity index (χ4n) is 1.34. The monoisotopic (exact) mass is 261 g/mol. The van der Waals surface area contributed by atoms with E-state index in [9.17, 15) is 5.11 Å². The molecule has 2 rings (SSSR count). The molecule has 2 aromatic carbocycles. The van der Waals surface area contributed by atoms with Crippen LogP contribution in [0.25, 0.3) is 0 Å². The van der Waals surface area contributed by atoms with Crippen molar-refractivity contribution in [3.8, 4) is 11.8 Å². The number of hydrogen-bond acceptors (Lipinski definition) is 3. The lowest BCUT2D eigenvalue weighted by Crippen LogP contribution is -1.81. The van der Waals surface area contributed by atoms with Gasteiger partial charge in [-0.3, -0.25) is 0 Å². The molecule has 0 amide bonds. The second kappa shape index (κ2) is 5.13. The number of phenols is 1. The summed E-state index contributed by atoms with van der Waals surface area (Å²) >= 11 is 7.16. The predicted octanol–water partition coefficient (Wildman–Crippen LogP) is 4.07. The summed E-state index contributed by atoms with van der Waals surface area (Å²) in [6, 6.07) is 14.2. The fraction of sp³-hybridized carbons (Fsp3) is 0. The van der Waals surface area contributed by atoms with Crippen molar-refractivity contribution in [2.24, 2.45) is 0 Å². The predicted molar refractivity (Wildman–Crippen MR) is 68.4 cm³/mol. The Hall–Kier alpha value is -1.63. The average molecular weight is 262 g/mol. The van der Waals surface area contributed by atoms with Crippen LogP contribution in [0.5, 0.6) is 5.75 Å². The van der Waals surface area contributed by atoms with Gasteiger partial charge in [0.1, 0.15) is 11.8 Å². The summed E-state index contributed by atoms with van der Waals surface area (Å²) in [7, 11) is 0. The Morgan fingerprint density at radius 1 is 1.12 bits per heavy atom. The number of aromatic hydroxyl groups is 1. The van der Waals surface area contributed by atoms with E-state index in [-0.39, 0.29) is 5.75 Å². The molecule has 0 atom stereocenters. The summed E-state index contributed by atoms with van der Waals surface area (Å²) in [5, 5.41) is 19.2. The van der Waals surface area contributed by atoms with E-state index in [0.717, 1.165) is 4.90 Å². The molecule has 0 saturated carbocycles. The molecule has 0 aliphatic heterocycles.